The molecule has 0 fully saturated rings. The van der Waals surface area contributed by atoms with Crippen LogP contribution in [0.3, 0.4) is 0 Å². The molecule has 0 aliphatic carbocycles. The molecular weight excluding hydrogens is 160 g/mol. The highest BCUT2D eigenvalue weighted by Crippen LogP contribution is 1.94. The molecule has 13 heavy (non-hydrogen) atoms. The molecule has 0 radical (unpaired) electrons. The highest BCUT2D eigenvalue weighted by atomic mass is 14.8. The fourth-order valence-electron chi connectivity index (χ4n) is 0.864. The molecule has 1 rings (SSSR count). The van der Waals surface area contributed by atoms with Crippen LogP contribution < -0.4 is 11.1 Å². The molecule has 0 spiro atoms. The number of benzene rings is 1. The lowest BCUT2D eigenvalue weighted by molar-refractivity contribution is 0.772. The van der Waals surface area contributed by atoms with Gasteiger partial charge in [0.1, 0.15) is 0 Å². The van der Waals surface area contributed by atoms with Crippen molar-refractivity contribution in [2.75, 3.05) is 13.6 Å². The van der Waals surface area contributed by atoms with Crippen LogP contribution in [0.25, 0.3) is 0 Å². The first-order chi connectivity index (χ1) is 6.35. The van der Waals surface area contributed by atoms with E-state index >= 15 is 0 Å². The van der Waals surface area contributed by atoms with Gasteiger partial charge in [-0.1, -0.05) is 37.3 Å². The third-order valence-electron chi connectivity index (χ3n) is 1.58. The van der Waals surface area contributed by atoms with E-state index in [0.717, 1.165) is 6.54 Å². The molecule has 0 heterocycles. The average Bonchev–Trinajstić information content (AvgIpc) is 2.21. The van der Waals surface area contributed by atoms with Gasteiger partial charge in [0.15, 0.2) is 0 Å². The lowest BCUT2D eigenvalue weighted by Gasteiger charge is -1.90. The Kier molecular flexibility index (Phi) is 8.62. The number of nitrogens with one attached hydrogen (secondary N) is 1. The SMILES string of the molecule is CCCNC.NCc1ccccc1. The van der Waals surface area contributed by atoms with Crippen LogP contribution in [-0.4, -0.2) is 13.6 Å². The Balaban J connectivity index is 0.000000252. The topological polar surface area (TPSA) is 38.0 Å². The zero-order chi connectivity index (χ0) is 9.94. The summed E-state index contributed by atoms with van der Waals surface area (Å²) in [5.41, 5.74) is 6.54. The Hall–Kier alpha value is -0.860. The molecule has 0 aliphatic heterocycles. The molecule has 74 valence electrons. The van der Waals surface area contributed by atoms with Crippen molar-refractivity contribution in [2.24, 2.45) is 5.73 Å². The Bertz CT molecular complexity index is 183. The summed E-state index contributed by atoms with van der Waals surface area (Å²) in [7, 11) is 1.96. The minimum atomic E-state index is 0.640. The highest BCUT2D eigenvalue weighted by Gasteiger charge is 1.80. The third kappa shape index (κ3) is 7.50. The van der Waals surface area contributed by atoms with Crippen molar-refractivity contribution in [3.05, 3.63) is 35.9 Å². The van der Waals surface area contributed by atoms with Crippen molar-refractivity contribution in [2.45, 2.75) is 19.9 Å². The zero-order valence-electron chi connectivity index (χ0n) is 8.59. The van der Waals surface area contributed by atoms with Gasteiger partial charge in [-0.15, -0.1) is 0 Å². The van der Waals surface area contributed by atoms with Crippen LogP contribution in [0.5, 0.6) is 0 Å². The van der Waals surface area contributed by atoms with Crippen LogP contribution in [0.1, 0.15) is 18.9 Å². The van der Waals surface area contributed by atoms with Crippen LogP contribution >= 0.6 is 0 Å². The van der Waals surface area contributed by atoms with Crippen LogP contribution in [-0.2, 0) is 6.54 Å². The summed E-state index contributed by atoms with van der Waals surface area (Å²) in [6.45, 7) is 3.93. The molecule has 0 aliphatic rings. The van der Waals surface area contributed by atoms with E-state index in [1.807, 2.05) is 37.4 Å². The van der Waals surface area contributed by atoms with E-state index in [2.05, 4.69) is 12.2 Å². The molecule has 1 aromatic rings. The van der Waals surface area contributed by atoms with Crippen molar-refractivity contribution in [3.63, 3.8) is 0 Å². The summed E-state index contributed by atoms with van der Waals surface area (Å²) < 4.78 is 0. The van der Waals surface area contributed by atoms with Gasteiger partial charge in [-0.05, 0) is 25.6 Å². The van der Waals surface area contributed by atoms with Gasteiger partial charge in [-0.25, -0.2) is 0 Å². The van der Waals surface area contributed by atoms with E-state index in [-0.39, 0.29) is 0 Å². The Labute approximate surface area is 81.2 Å². The number of nitrogens with two attached hydrogens (primary N) is 1. The minimum absolute atomic E-state index is 0.640. The molecule has 0 atom stereocenters. The van der Waals surface area contributed by atoms with Gasteiger partial charge >= 0.3 is 0 Å². The molecular formula is C11H20N2. The highest BCUT2D eigenvalue weighted by molar-refractivity contribution is 5.13. The van der Waals surface area contributed by atoms with Crippen LogP contribution in [0.2, 0.25) is 0 Å². The van der Waals surface area contributed by atoms with Crippen LogP contribution in [0, 0.1) is 0 Å². The first kappa shape index (κ1) is 12.1. The molecule has 1 aromatic carbocycles. The van der Waals surface area contributed by atoms with E-state index < -0.39 is 0 Å². The summed E-state index contributed by atoms with van der Waals surface area (Å²) >= 11 is 0. The van der Waals surface area contributed by atoms with Gasteiger partial charge in [-0.3, -0.25) is 0 Å². The molecule has 0 saturated carbocycles. The van der Waals surface area contributed by atoms with Crippen LogP contribution in [0.4, 0.5) is 0 Å². The number of hydrogen-bond donors (Lipinski definition) is 2. The van der Waals surface area contributed by atoms with E-state index in [1.165, 1.54) is 12.0 Å². The fraction of sp³-hybridized carbons (Fsp3) is 0.455. The van der Waals surface area contributed by atoms with Gasteiger partial charge in [0.2, 0.25) is 0 Å². The number of rotatable bonds is 3. The maximum absolute atomic E-state index is 5.35. The second-order valence-corrected chi connectivity index (χ2v) is 2.79. The van der Waals surface area contributed by atoms with Crippen molar-refractivity contribution in [1.82, 2.24) is 5.32 Å². The lowest BCUT2D eigenvalue weighted by Crippen LogP contribution is -2.04. The molecule has 2 nitrogen and oxygen atoms in total. The predicted octanol–water partition coefficient (Wildman–Crippen LogP) is 1.76. The molecule has 2 heteroatoms. The van der Waals surface area contributed by atoms with E-state index in [0.29, 0.717) is 6.54 Å². The maximum Gasteiger partial charge on any atom is 0.0178 e. The quantitative estimate of drug-likeness (QED) is 0.744. The Morgan fingerprint density at radius 3 is 2.08 bits per heavy atom. The second-order valence-electron chi connectivity index (χ2n) is 2.79. The summed E-state index contributed by atoms with van der Waals surface area (Å²) in [5.74, 6) is 0. The Morgan fingerprint density at radius 2 is 1.85 bits per heavy atom. The third-order valence-corrected chi connectivity index (χ3v) is 1.58. The van der Waals surface area contributed by atoms with Gasteiger partial charge in [0.25, 0.3) is 0 Å². The van der Waals surface area contributed by atoms with Crippen molar-refractivity contribution in [1.29, 1.82) is 0 Å². The van der Waals surface area contributed by atoms with E-state index in [4.69, 9.17) is 5.73 Å². The van der Waals surface area contributed by atoms with Gasteiger partial charge in [-0.2, -0.15) is 0 Å². The standard InChI is InChI=1S/C7H9N.C4H11N/c8-6-7-4-2-1-3-5-7;1-3-4-5-2/h1-5H,6,8H2;5H,3-4H2,1-2H3. The normalized spacial score (nSPS) is 8.85. The van der Waals surface area contributed by atoms with Gasteiger partial charge in [0.05, 0.1) is 0 Å². The van der Waals surface area contributed by atoms with Crippen molar-refractivity contribution >= 4 is 0 Å². The smallest absolute Gasteiger partial charge is 0.0178 e. The largest absolute Gasteiger partial charge is 0.326 e. The molecule has 0 amide bonds. The Morgan fingerprint density at radius 1 is 1.23 bits per heavy atom. The van der Waals surface area contributed by atoms with Crippen molar-refractivity contribution in [3.8, 4) is 0 Å². The van der Waals surface area contributed by atoms with Crippen molar-refractivity contribution < 1.29 is 0 Å². The van der Waals surface area contributed by atoms with Gasteiger partial charge < -0.3 is 11.1 Å². The number of hydrogen-bond acceptors (Lipinski definition) is 2. The van der Waals surface area contributed by atoms with E-state index in [9.17, 15) is 0 Å². The average molecular weight is 180 g/mol. The molecule has 0 bridgehead atoms. The van der Waals surface area contributed by atoms with Gasteiger partial charge in [0, 0.05) is 6.54 Å². The predicted molar refractivity (Wildman–Crippen MR) is 58.6 cm³/mol. The summed E-state index contributed by atoms with van der Waals surface area (Å²) in [5, 5.41) is 3.02. The zero-order valence-corrected chi connectivity index (χ0v) is 8.59. The summed E-state index contributed by atoms with van der Waals surface area (Å²) in [6, 6.07) is 9.99. The molecule has 3 N–H and O–H groups in total. The van der Waals surface area contributed by atoms with E-state index in [1.54, 1.807) is 0 Å². The summed E-state index contributed by atoms with van der Waals surface area (Å²) in [6.07, 6.45) is 1.23. The molecule has 0 aromatic heterocycles. The monoisotopic (exact) mass is 180 g/mol. The maximum atomic E-state index is 5.35. The first-order valence-corrected chi connectivity index (χ1v) is 4.73. The first-order valence-electron chi connectivity index (χ1n) is 4.73. The fourth-order valence-corrected chi connectivity index (χ4v) is 0.864. The summed E-state index contributed by atoms with van der Waals surface area (Å²) in [4.78, 5) is 0. The second kappa shape index (κ2) is 9.23. The lowest BCUT2D eigenvalue weighted by atomic mass is 10.2. The molecule has 0 saturated heterocycles. The van der Waals surface area contributed by atoms with Crippen LogP contribution in [0.15, 0.2) is 30.3 Å². The molecule has 0 unspecified atom stereocenters. The minimum Gasteiger partial charge on any atom is -0.326 e.